The number of benzene rings is 2. The molecule has 3 rings (SSSR count). The lowest BCUT2D eigenvalue weighted by Gasteiger charge is -2.06. The largest absolute Gasteiger partial charge is 0.457 e. The predicted molar refractivity (Wildman–Crippen MR) is 93.3 cm³/mol. The van der Waals surface area contributed by atoms with Crippen molar-refractivity contribution in [2.75, 3.05) is 5.75 Å². The summed E-state index contributed by atoms with van der Waals surface area (Å²) in [6.07, 6.45) is 1.59. The van der Waals surface area contributed by atoms with E-state index >= 15 is 0 Å². The third-order valence-corrected chi connectivity index (χ3v) is 3.88. The fourth-order valence-corrected chi connectivity index (χ4v) is 2.55. The van der Waals surface area contributed by atoms with Gasteiger partial charge in [-0.1, -0.05) is 23.9 Å². The number of nitrogens with zero attached hydrogens (tertiary/aromatic N) is 3. The van der Waals surface area contributed by atoms with Crippen LogP contribution in [0.5, 0.6) is 11.5 Å². The van der Waals surface area contributed by atoms with Crippen LogP contribution in [-0.4, -0.2) is 23.0 Å². The van der Waals surface area contributed by atoms with Crippen molar-refractivity contribution in [2.24, 2.45) is 10.2 Å². The number of nitrogens with one attached hydrogen (secondary N) is 1. The van der Waals surface area contributed by atoms with Gasteiger partial charge in [-0.05, 0) is 42.0 Å². The maximum absolute atomic E-state index is 11.0. The molecule has 6 nitrogen and oxygen atoms in total. The Bertz CT molecular complexity index is 854. The Hall–Kier alpha value is -3.11. The van der Waals surface area contributed by atoms with E-state index in [1.165, 1.54) is 11.8 Å². The Kier molecular flexibility index (Phi) is 4.89. The summed E-state index contributed by atoms with van der Waals surface area (Å²) >= 11 is 1.32. The maximum atomic E-state index is 11.0. The van der Waals surface area contributed by atoms with E-state index in [2.05, 4.69) is 21.6 Å². The van der Waals surface area contributed by atoms with Crippen molar-refractivity contribution in [3.63, 3.8) is 0 Å². The third-order valence-electron chi connectivity index (χ3n) is 3.02. The second kappa shape index (κ2) is 7.44. The van der Waals surface area contributed by atoms with Gasteiger partial charge in [0.05, 0.1) is 23.6 Å². The van der Waals surface area contributed by atoms with E-state index < -0.39 is 0 Å². The van der Waals surface area contributed by atoms with Gasteiger partial charge in [0.25, 0.3) is 0 Å². The fraction of sp³-hybridized carbons (Fsp3) is 0.0588. The number of thioether (sulfide) groups is 1. The van der Waals surface area contributed by atoms with Gasteiger partial charge >= 0.3 is 0 Å². The first-order valence-corrected chi connectivity index (χ1v) is 8.03. The minimum Gasteiger partial charge on any atom is -0.457 e. The highest BCUT2D eigenvalue weighted by Crippen LogP contribution is 2.22. The first-order valence-electron chi connectivity index (χ1n) is 7.05. The van der Waals surface area contributed by atoms with Crippen molar-refractivity contribution in [2.45, 2.75) is 0 Å². The van der Waals surface area contributed by atoms with Gasteiger partial charge in [0.15, 0.2) is 5.17 Å². The summed E-state index contributed by atoms with van der Waals surface area (Å²) in [5.41, 5.74) is 1.40. The number of amides is 1. The molecule has 2 aromatic carbocycles. The van der Waals surface area contributed by atoms with Crippen LogP contribution >= 0.6 is 11.8 Å². The Morgan fingerprint density at radius 2 is 2.04 bits per heavy atom. The number of carbonyl (C=O) groups excluding carboxylic acids is 1. The Morgan fingerprint density at radius 3 is 2.75 bits per heavy atom. The number of rotatable bonds is 4. The monoisotopic (exact) mass is 336 g/mol. The molecule has 1 aliphatic rings. The average Bonchev–Trinajstić information content (AvgIpc) is 3.01. The van der Waals surface area contributed by atoms with Crippen LogP contribution in [0.1, 0.15) is 11.1 Å². The molecule has 24 heavy (non-hydrogen) atoms. The highest BCUT2D eigenvalue weighted by molar-refractivity contribution is 8.15. The Labute approximate surface area is 142 Å². The maximum Gasteiger partial charge on any atom is 0.236 e. The van der Waals surface area contributed by atoms with Crippen molar-refractivity contribution < 1.29 is 9.53 Å². The summed E-state index contributed by atoms with van der Waals surface area (Å²) < 4.78 is 5.74. The van der Waals surface area contributed by atoms with Crippen molar-refractivity contribution in [1.82, 2.24) is 5.32 Å². The standard InChI is InChI=1S/C17H12N4O2S/c18-9-12-4-6-14(7-5-12)23-15-3-1-2-13(8-15)10-19-21-17-20-16(22)11-24-17/h1-8,10H,11H2,(H,20,21,22). The zero-order valence-electron chi connectivity index (χ0n) is 12.5. The molecule has 0 saturated carbocycles. The molecule has 1 aliphatic heterocycles. The van der Waals surface area contributed by atoms with Gasteiger partial charge in [-0.3, -0.25) is 4.79 Å². The second-order valence-electron chi connectivity index (χ2n) is 4.80. The van der Waals surface area contributed by atoms with E-state index in [0.29, 0.717) is 28.0 Å². The lowest BCUT2D eigenvalue weighted by molar-refractivity contribution is -0.116. The summed E-state index contributed by atoms with van der Waals surface area (Å²) in [7, 11) is 0. The number of hydrogen-bond donors (Lipinski definition) is 1. The molecule has 1 N–H and O–H groups in total. The zero-order chi connectivity index (χ0) is 16.8. The smallest absolute Gasteiger partial charge is 0.236 e. The van der Waals surface area contributed by atoms with E-state index in [4.69, 9.17) is 10.00 Å². The number of ether oxygens (including phenoxy) is 1. The molecule has 2 aromatic rings. The van der Waals surface area contributed by atoms with Gasteiger partial charge < -0.3 is 10.1 Å². The number of nitriles is 1. The molecule has 0 spiro atoms. The topological polar surface area (TPSA) is 86.8 Å². The number of amidine groups is 1. The van der Waals surface area contributed by atoms with Gasteiger partial charge in [0, 0.05) is 0 Å². The molecule has 1 fully saturated rings. The molecule has 0 atom stereocenters. The second-order valence-corrected chi connectivity index (χ2v) is 5.76. The molecule has 1 heterocycles. The minimum atomic E-state index is -0.0632. The van der Waals surface area contributed by atoms with Crippen LogP contribution in [0.25, 0.3) is 0 Å². The van der Waals surface area contributed by atoms with Gasteiger partial charge in [0.1, 0.15) is 11.5 Å². The van der Waals surface area contributed by atoms with Crippen molar-refractivity contribution in [3.05, 3.63) is 59.7 Å². The molecule has 0 radical (unpaired) electrons. The molecule has 7 heteroatoms. The van der Waals surface area contributed by atoms with Crippen molar-refractivity contribution in [1.29, 1.82) is 5.26 Å². The SMILES string of the molecule is N#Cc1ccc(Oc2cccc(C=NN=C3NC(=O)CS3)c2)cc1. The molecule has 0 aliphatic carbocycles. The fourth-order valence-electron chi connectivity index (χ4n) is 1.92. The number of hydrogen-bond acceptors (Lipinski definition) is 6. The van der Waals surface area contributed by atoms with Gasteiger partial charge in [-0.15, -0.1) is 5.10 Å². The van der Waals surface area contributed by atoms with Crippen LogP contribution in [-0.2, 0) is 4.79 Å². The van der Waals surface area contributed by atoms with Crippen molar-refractivity contribution >= 4 is 29.1 Å². The van der Waals surface area contributed by atoms with E-state index in [1.54, 1.807) is 30.5 Å². The minimum absolute atomic E-state index is 0.0632. The van der Waals surface area contributed by atoms with E-state index in [0.717, 1.165) is 5.56 Å². The van der Waals surface area contributed by atoms with Crippen LogP contribution in [0.4, 0.5) is 0 Å². The molecule has 0 bridgehead atoms. The van der Waals surface area contributed by atoms with E-state index in [1.807, 2.05) is 24.3 Å². The van der Waals surface area contributed by atoms with Crippen LogP contribution in [0.2, 0.25) is 0 Å². The molecular weight excluding hydrogens is 324 g/mol. The summed E-state index contributed by atoms with van der Waals surface area (Å²) in [6.45, 7) is 0. The van der Waals surface area contributed by atoms with Gasteiger partial charge in [-0.2, -0.15) is 10.4 Å². The first kappa shape index (κ1) is 15.8. The van der Waals surface area contributed by atoms with E-state index in [9.17, 15) is 4.79 Å². The quantitative estimate of drug-likeness (QED) is 0.687. The van der Waals surface area contributed by atoms with Crippen LogP contribution in [0, 0.1) is 11.3 Å². The Morgan fingerprint density at radius 1 is 1.21 bits per heavy atom. The van der Waals surface area contributed by atoms with Crippen LogP contribution in [0.15, 0.2) is 58.7 Å². The summed E-state index contributed by atoms with van der Waals surface area (Å²) in [6, 6.07) is 16.3. The summed E-state index contributed by atoms with van der Waals surface area (Å²) in [4.78, 5) is 11.0. The highest BCUT2D eigenvalue weighted by Gasteiger charge is 2.15. The van der Waals surface area contributed by atoms with Crippen LogP contribution in [0.3, 0.4) is 0 Å². The molecule has 1 saturated heterocycles. The lowest BCUT2D eigenvalue weighted by atomic mass is 10.2. The first-order chi connectivity index (χ1) is 11.7. The molecule has 1 amide bonds. The molecule has 0 unspecified atom stereocenters. The third kappa shape index (κ3) is 4.21. The molecule has 0 aromatic heterocycles. The molecular formula is C17H12N4O2S. The molecule has 118 valence electrons. The number of carbonyl (C=O) groups is 1. The van der Waals surface area contributed by atoms with Gasteiger partial charge in [-0.25, -0.2) is 0 Å². The average molecular weight is 336 g/mol. The Balaban J connectivity index is 1.67. The summed E-state index contributed by atoms with van der Waals surface area (Å²) in [5, 5.41) is 19.8. The van der Waals surface area contributed by atoms with Crippen molar-refractivity contribution in [3.8, 4) is 17.6 Å². The predicted octanol–water partition coefficient (Wildman–Crippen LogP) is 2.90. The normalized spacial score (nSPS) is 15.5. The van der Waals surface area contributed by atoms with Crippen LogP contribution < -0.4 is 10.1 Å². The lowest BCUT2D eigenvalue weighted by Crippen LogP contribution is -2.19. The highest BCUT2D eigenvalue weighted by atomic mass is 32.2. The van der Waals surface area contributed by atoms with Gasteiger partial charge in [0.2, 0.25) is 5.91 Å². The van der Waals surface area contributed by atoms with E-state index in [-0.39, 0.29) is 5.91 Å². The zero-order valence-corrected chi connectivity index (χ0v) is 13.3. The summed E-state index contributed by atoms with van der Waals surface area (Å²) in [5.74, 6) is 1.61.